The highest BCUT2D eigenvalue weighted by Crippen LogP contribution is 2.35. The van der Waals surface area contributed by atoms with Crippen molar-refractivity contribution < 1.29 is 24.1 Å². The Hall–Kier alpha value is -2.59. The van der Waals surface area contributed by atoms with E-state index in [1.807, 2.05) is 32.9 Å². The molecule has 10 heteroatoms. The van der Waals surface area contributed by atoms with Crippen LogP contribution in [0.25, 0.3) is 10.6 Å². The van der Waals surface area contributed by atoms with E-state index in [1.54, 1.807) is 0 Å². The normalized spacial score (nSPS) is 12.0. The lowest BCUT2D eigenvalue weighted by atomic mass is 10.1. The van der Waals surface area contributed by atoms with E-state index in [4.69, 9.17) is 21.4 Å². The Morgan fingerprint density at radius 1 is 1.26 bits per heavy atom. The first kappa shape index (κ1) is 26.0. The maximum atomic E-state index is 14.5. The van der Waals surface area contributed by atoms with Crippen LogP contribution in [-0.2, 0) is 0 Å². The van der Waals surface area contributed by atoms with Crippen LogP contribution in [0.2, 0.25) is 5.02 Å². The number of aryl methyl sites for hydroxylation is 2. The Morgan fingerprint density at radius 2 is 2.03 bits per heavy atom. The van der Waals surface area contributed by atoms with Gasteiger partial charge >= 0.3 is 0 Å². The van der Waals surface area contributed by atoms with Gasteiger partial charge < -0.3 is 14.9 Å². The highest BCUT2D eigenvalue weighted by molar-refractivity contribution is 7.18. The molecule has 1 unspecified atom stereocenters. The summed E-state index contributed by atoms with van der Waals surface area (Å²) in [5.74, 6) is -0.682. The topological polar surface area (TPSA) is 95.8 Å². The second kappa shape index (κ2) is 11.7. The number of hydrogen-bond donors (Lipinski definition) is 2. The molecule has 0 saturated carbocycles. The summed E-state index contributed by atoms with van der Waals surface area (Å²) in [6.45, 7) is 5.73. The van der Waals surface area contributed by atoms with Gasteiger partial charge in [0.15, 0.2) is 5.82 Å². The number of aliphatic hydroxyl groups is 2. The summed E-state index contributed by atoms with van der Waals surface area (Å²) in [6.07, 6.45) is 0.603. The first-order valence-corrected chi connectivity index (χ1v) is 12.1. The summed E-state index contributed by atoms with van der Waals surface area (Å²) in [6, 6.07) is 8.07. The average molecular weight is 508 g/mol. The van der Waals surface area contributed by atoms with Crippen LogP contribution in [0, 0.1) is 19.7 Å². The van der Waals surface area contributed by atoms with Crippen molar-refractivity contribution in [2.24, 2.45) is 0 Å². The number of anilines is 1. The number of benzene rings is 2. The van der Waals surface area contributed by atoms with Crippen molar-refractivity contribution in [1.29, 1.82) is 0 Å². The molecule has 0 spiro atoms. The van der Waals surface area contributed by atoms with Gasteiger partial charge in [-0.3, -0.25) is 9.69 Å². The number of aliphatic hydroxyl groups excluding tert-OH is 2. The van der Waals surface area contributed by atoms with Gasteiger partial charge in [-0.05, 0) is 55.7 Å². The molecule has 0 aliphatic carbocycles. The van der Waals surface area contributed by atoms with E-state index in [-0.39, 0.29) is 23.8 Å². The second-order valence-electron chi connectivity index (χ2n) is 7.88. The molecule has 3 rings (SSSR count). The molecule has 1 heterocycles. The number of rotatable bonds is 10. The van der Waals surface area contributed by atoms with Crippen LogP contribution < -0.4 is 9.64 Å². The average Bonchev–Trinajstić information content (AvgIpc) is 3.30. The van der Waals surface area contributed by atoms with E-state index < -0.39 is 17.8 Å². The molecule has 2 N–H and O–H groups in total. The van der Waals surface area contributed by atoms with Crippen LogP contribution >= 0.6 is 22.9 Å². The lowest BCUT2D eigenvalue weighted by Gasteiger charge is -2.19. The van der Waals surface area contributed by atoms with Crippen molar-refractivity contribution in [3.05, 3.63) is 57.9 Å². The number of nitrogens with zero attached hydrogens (tertiary/aromatic N) is 3. The molecule has 1 atom stereocenters. The largest absolute Gasteiger partial charge is 0.491 e. The Morgan fingerprint density at radius 3 is 2.74 bits per heavy atom. The predicted octanol–water partition coefficient (Wildman–Crippen LogP) is 4.79. The molecular weight excluding hydrogens is 481 g/mol. The number of unbranched alkanes of at least 4 members (excludes halogenated alkanes) is 1. The first-order chi connectivity index (χ1) is 16.3. The third kappa shape index (κ3) is 5.90. The van der Waals surface area contributed by atoms with Crippen LogP contribution in [0.1, 0.15) is 41.3 Å². The van der Waals surface area contributed by atoms with Crippen molar-refractivity contribution in [2.45, 2.75) is 39.7 Å². The fourth-order valence-electron chi connectivity index (χ4n) is 3.26. The molecule has 0 bridgehead atoms. The van der Waals surface area contributed by atoms with Gasteiger partial charge in [0.05, 0.1) is 17.2 Å². The minimum atomic E-state index is -0.957. The fourth-order valence-corrected chi connectivity index (χ4v) is 4.39. The van der Waals surface area contributed by atoms with Gasteiger partial charge in [-0.15, -0.1) is 10.2 Å². The summed E-state index contributed by atoms with van der Waals surface area (Å²) in [5, 5.41) is 27.9. The molecule has 34 heavy (non-hydrogen) atoms. The van der Waals surface area contributed by atoms with Gasteiger partial charge in [-0.2, -0.15) is 0 Å². The number of amides is 1. The number of carbonyl (C=O) groups is 1. The minimum absolute atomic E-state index is 0.0202. The van der Waals surface area contributed by atoms with Gasteiger partial charge in [0.2, 0.25) is 5.13 Å². The number of carbonyl (C=O) groups excluding carboxylic acids is 1. The molecular formula is C24H27ClFN3O4S. The minimum Gasteiger partial charge on any atom is -0.491 e. The van der Waals surface area contributed by atoms with E-state index in [0.29, 0.717) is 28.9 Å². The van der Waals surface area contributed by atoms with E-state index >= 15 is 0 Å². The zero-order valence-corrected chi connectivity index (χ0v) is 20.8. The SMILES string of the molecule is CCCCN(C(=O)c1cccc(Cl)c1F)c1nnc(-c2cc(C)c(OCC(O)CO)cc2C)s1. The van der Waals surface area contributed by atoms with Crippen LogP contribution in [0.4, 0.5) is 9.52 Å². The van der Waals surface area contributed by atoms with Gasteiger partial charge in [-0.1, -0.05) is 42.3 Å². The fraction of sp³-hybridized carbons (Fsp3) is 0.375. The lowest BCUT2D eigenvalue weighted by Crippen LogP contribution is -2.32. The highest BCUT2D eigenvalue weighted by atomic mass is 35.5. The first-order valence-electron chi connectivity index (χ1n) is 10.9. The van der Waals surface area contributed by atoms with Gasteiger partial charge in [0, 0.05) is 12.1 Å². The molecule has 1 amide bonds. The van der Waals surface area contributed by atoms with Crippen LogP contribution in [0.3, 0.4) is 0 Å². The zero-order chi connectivity index (χ0) is 24.8. The summed E-state index contributed by atoms with van der Waals surface area (Å²) in [4.78, 5) is 14.6. The van der Waals surface area contributed by atoms with Crippen molar-refractivity contribution in [2.75, 3.05) is 24.7 Å². The molecule has 0 aliphatic rings. The molecule has 182 valence electrons. The molecule has 0 fully saturated rings. The maximum Gasteiger partial charge on any atom is 0.263 e. The lowest BCUT2D eigenvalue weighted by molar-refractivity contribution is 0.0534. The Kier molecular flexibility index (Phi) is 8.96. The van der Waals surface area contributed by atoms with E-state index in [9.17, 15) is 14.3 Å². The van der Waals surface area contributed by atoms with Crippen molar-refractivity contribution in [3.63, 3.8) is 0 Å². The summed E-state index contributed by atoms with van der Waals surface area (Å²) in [7, 11) is 0. The summed E-state index contributed by atoms with van der Waals surface area (Å²) < 4.78 is 20.1. The van der Waals surface area contributed by atoms with Crippen molar-refractivity contribution >= 4 is 34.0 Å². The Bertz CT molecular complexity index is 1160. The summed E-state index contributed by atoms with van der Waals surface area (Å²) >= 11 is 7.12. The number of halogens is 2. The number of hydrogen-bond acceptors (Lipinski definition) is 7. The van der Waals surface area contributed by atoms with Crippen LogP contribution in [-0.4, -0.2) is 52.2 Å². The molecule has 3 aromatic rings. The third-order valence-electron chi connectivity index (χ3n) is 5.20. The molecule has 7 nitrogen and oxygen atoms in total. The number of ether oxygens (including phenoxy) is 1. The standard InChI is InChI=1S/C24H27ClFN3O4S/c1-4-5-9-29(23(32)17-7-6-8-19(25)21(17)26)24-28-27-22(34-24)18-10-15(3)20(11-14(18)2)33-13-16(31)12-30/h6-8,10-11,16,30-31H,4-5,9,12-13H2,1-3H3. The zero-order valence-electron chi connectivity index (χ0n) is 19.2. The highest BCUT2D eigenvalue weighted by Gasteiger charge is 2.25. The van der Waals surface area contributed by atoms with Gasteiger partial charge in [0.1, 0.15) is 23.5 Å². The van der Waals surface area contributed by atoms with Crippen molar-refractivity contribution in [3.8, 4) is 16.3 Å². The van der Waals surface area contributed by atoms with Gasteiger partial charge in [0.25, 0.3) is 5.91 Å². The number of aromatic nitrogens is 2. The van der Waals surface area contributed by atoms with E-state index in [2.05, 4.69) is 10.2 Å². The Labute approximate surface area is 206 Å². The maximum absolute atomic E-state index is 14.5. The second-order valence-corrected chi connectivity index (χ2v) is 9.24. The van der Waals surface area contributed by atoms with Crippen LogP contribution in [0.15, 0.2) is 30.3 Å². The molecule has 0 radical (unpaired) electrons. The van der Waals surface area contributed by atoms with Crippen LogP contribution in [0.5, 0.6) is 5.75 Å². The molecule has 0 aliphatic heterocycles. The summed E-state index contributed by atoms with van der Waals surface area (Å²) in [5.41, 5.74) is 2.41. The van der Waals surface area contributed by atoms with E-state index in [1.165, 1.54) is 34.4 Å². The Balaban J connectivity index is 1.91. The third-order valence-corrected chi connectivity index (χ3v) is 6.47. The monoisotopic (exact) mass is 507 g/mol. The molecule has 1 aromatic heterocycles. The smallest absolute Gasteiger partial charge is 0.263 e. The van der Waals surface area contributed by atoms with Crippen molar-refractivity contribution in [1.82, 2.24) is 10.2 Å². The van der Waals surface area contributed by atoms with Gasteiger partial charge in [-0.25, -0.2) is 4.39 Å². The van der Waals surface area contributed by atoms with E-state index in [0.717, 1.165) is 23.1 Å². The quantitative estimate of drug-likeness (QED) is 0.409. The molecule has 2 aromatic carbocycles. The molecule has 0 saturated heterocycles. The predicted molar refractivity (Wildman–Crippen MR) is 131 cm³/mol.